The lowest BCUT2D eigenvalue weighted by Crippen LogP contribution is -2.43. The Bertz CT molecular complexity index is 930. The van der Waals surface area contributed by atoms with Gasteiger partial charge in [0.25, 0.3) is 5.56 Å². The third kappa shape index (κ3) is 2.77. The van der Waals surface area contributed by atoms with E-state index in [1.807, 2.05) is 6.07 Å². The van der Waals surface area contributed by atoms with E-state index in [1.54, 1.807) is 25.2 Å². The standard InChI is InChI=1S/C19H21N3O4/c1-22(11-15-20-14-7-3-2-6-12(14)17(24)21-15)18(25)13-10-16(23)26-19(13)8-4-5-9-19/h2-3,6-7,13H,4-5,8-11H2,1H3,(H,20,21,24). The zero-order chi connectivity index (χ0) is 18.3. The molecule has 1 aliphatic carbocycles. The molecule has 2 fully saturated rings. The van der Waals surface area contributed by atoms with Gasteiger partial charge in [-0.05, 0) is 37.8 Å². The van der Waals surface area contributed by atoms with Crippen LogP contribution in [0.1, 0.15) is 37.9 Å². The lowest BCUT2D eigenvalue weighted by Gasteiger charge is -2.30. The van der Waals surface area contributed by atoms with Crippen molar-refractivity contribution in [3.63, 3.8) is 0 Å². The Hall–Kier alpha value is -2.70. The van der Waals surface area contributed by atoms with Crippen molar-refractivity contribution in [3.05, 3.63) is 40.4 Å². The molecule has 2 aliphatic rings. The van der Waals surface area contributed by atoms with Gasteiger partial charge in [-0.3, -0.25) is 14.4 Å². The number of esters is 1. The number of nitrogens with one attached hydrogen (secondary N) is 1. The van der Waals surface area contributed by atoms with Crippen molar-refractivity contribution >= 4 is 22.8 Å². The summed E-state index contributed by atoms with van der Waals surface area (Å²) in [4.78, 5) is 45.7. The van der Waals surface area contributed by atoms with E-state index >= 15 is 0 Å². The number of para-hydroxylation sites is 1. The van der Waals surface area contributed by atoms with Gasteiger partial charge in [0.15, 0.2) is 0 Å². The summed E-state index contributed by atoms with van der Waals surface area (Å²) < 4.78 is 5.56. The molecule has 1 spiro atoms. The lowest BCUT2D eigenvalue weighted by molar-refractivity contribution is -0.151. The minimum atomic E-state index is -0.632. The van der Waals surface area contributed by atoms with E-state index in [2.05, 4.69) is 9.97 Å². The van der Waals surface area contributed by atoms with E-state index in [4.69, 9.17) is 4.74 Å². The summed E-state index contributed by atoms with van der Waals surface area (Å²) >= 11 is 0. The second-order valence-electron chi connectivity index (χ2n) is 7.23. The van der Waals surface area contributed by atoms with E-state index < -0.39 is 11.5 Å². The van der Waals surface area contributed by atoms with Gasteiger partial charge in [-0.15, -0.1) is 0 Å². The van der Waals surface area contributed by atoms with Crippen LogP contribution in [0.5, 0.6) is 0 Å². The van der Waals surface area contributed by atoms with Crippen LogP contribution in [0.25, 0.3) is 10.9 Å². The molecule has 1 saturated carbocycles. The monoisotopic (exact) mass is 355 g/mol. The highest BCUT2D eigenvalue weighted by atomic mass is 16.6. The summed E-state index contributed by atoms with van der Waals surface area (Å²) in [5.41, 5.74) is -0.260. The van der Waals surface area contributed by atoms with Crippen molar-refractivity contribution in [1.82, 2.24) is 14.9 Å². The minimum Gasteiger partial charge on any atom is -0.458 e. The molecule has 1 unspecified atom stereocenters. The zero-order valence-corrected chi connectivity index (χ0v) is 14.7. The van der Waals surface area contributed by atoms with Crippen LogP contribution >= 0.6 is 0 Å². The maximum Gasteiger partial charge on any atom is 0.307 e. The first-order valence-electron chi connectivity index (χ1n) is 8.93. The zero-order valence-electron chi connectivity index (χ0n) is 14.7. The fraction of sp³-hybridized carbons (Fsp3) is 0.474. The Labute approximate surface area is 150 Å². The van der Waals surface area contributed by atoms with Gasteiger partial charge in [0.2, 0.25) is 5.91 Å². The van der Waals surface area contributed by atoms with Gasteiger partial charge in [-0.2, -0.15) is 0 Å². The SMILES string of the molecule is CN(Cc1nc2ccccc2c(=O)[nH]1)C(=O)C1CC(=O)OC12CCCC2. The van der Waals surface area contributed by atoms with Crippen LogP contribution in [-0.4, -0.2) is 39.4 Å². The van der Waals surface area contributed by atoms with Crippen molar-refractivity contribution in [1.29, 1.82) is 0 Å². The molecule has 1 amide bonds. The van der Waals surface area contributed by atoms with E-state index in [9.17, 15) is 14.4 Å². The maximum atomic E-state index is 13.0. The quantitative estimate of drug-likeness (QED) is 0.847. The predicted octanol–water partition coefficient (Wildman–Crippen LogP) is 1.76. The van der Waals surface area contributed by atoms with Crippen LogP contribution in [0, 0.1) is 5.92 Å². The van der Waals surface area contributed by atoms with Crippen molar-refractivity contribution in [3.8, 4) is 0 Å². The molecule has 2 aromatic rings. The lowest BCUT2D eigenvalue weighted by atomic mass is 9.84. The Balaban J connectivity index is 1.56. The first-order valence-corrected chi connectivity index (χ1v) is 8.93. The van der Waals surface area contributed by atoms with Crippen molar-refractivity contribution in [2.75, 3.05) is 7.05 Å². The number of carbonyl (C=O) groups is 2. The third-order valence-corrected chi connectivity index (χ3v) is 5.50. The van der Waals surface area contributed by atoms with Crippen LogP contribution in [-0.2, 0) is 20.9 Å². The highest BCUT2D eigenvalue weighted by molar-refractivity contribution is 5.88. The fourth-order valence-corrected chi connectivity index (χ4v) is 4.21. The van der Waals surface area contributed by atoms with Gasteiger partial charge in [0, 0.05) is 7.05 Å². The van der Waals surface area contributed by atoms with Gasteiger partial charge in [0.1, 0.15) is 11.4 Å². The van der Waals surface area contributed by atoms with Crippen LogP contribution in [0.4, 0.5) is 0 Å². The molecule has 1 saturated heterocycles. The summed E-state index contributed by atoms with van der Waals surface area (Å²) in [6, 6.07) is 7.09. The molecule has 26 heavy (non-hydrogen) atoms. The summed E-state index contributed by atoms with van der Waals surface area (Å²) in [5, 5.41) is 0.518. The molecule has 136 valence electrons. The summed E-state index contributed by atoms with van der Waals surface area (Å²) in [6.07, 6.45) is 3.56. The number of rotatable bonds is 3. The van der Waals surface area contributed by atoms with Crippen LogP contribution in [0.15, 0.2) is 29.1 Å². The number of aromatic nitrogens is 2. The first kappa shape index (κ1) is 16.8. The van der Waals surface area contributed by atoms with Gasteiger partial charge in [-0.25, -0.2) is 4.98 Å². The fourth-order valence-electron chi connectivity index (χ4n) is 4.21. The molecule has 1 aromatic carbocycles. The minimum absolute atomic E-state index is 0.130. The van der Waals surface area contributed by atoms with E-state index in [0.29, 0.717) is 16.7 Å². The molecule has 7 heteroatoms. The maximum absolute atomic E-state index is 13.0. The second-order valence-corrected chi connectivity index (χ2v) is 7.23. The molecular weight excluding hydrogens is 334 g/mol. The number of fused-ring (bicyclic) bond motifs is 1. The van der Waals surface area contributed by atoms with Crippen LogP contribution < -0.4 is 5.56 Å². The number of carbonyl (C=O) groups excluding carboxylic acids is 2. The number of aromatic amines is 1. The number of amides is 1. The normalized spacial score (nSPS) is 21.3. The molecule has 0 bridgehead atoms. The van der Waals surface area contributed by atoms with Crippen molar-refractivity contribution in [2.24, 2.45) is 5.92 Å². The Morgan fingerprint density at radius 1 is 1.31 bits per heavy atom. The molecule has 1 atom stereocenters. The number of hydrogen-bond donors (Lipinski definition) is 1. The molecule has 0 radical (unpaired) electrons. The molecule has 1 aromatic heterocycles. The van der Waals surface area contributed by atoms with Crippen LogP contribution in [0.3, 0.4) is 0 Å². The topological polar surface area (TPSA) is 92.4 Å². The molecule has 7 nitrogen and oxygen atoms in total. The largest absolute Gasteiger partial charge is 0.458 e. The van der Waals surface area contributed by atoms with E-state index in [0.717, 1.165) is 25.7 Å². The number of H-pyrrole nitrogens is 1. The molecular formula is C19H21N3O4. The highest BCUT2D eigenvalue weighted by Crippen LogP contribution is 2.46. The van der Waals surface area contributed by atoms with E-state index in [1.165, 1.54) is 4.90 Å². The Morgan fingerprint density at radius 3 is 2.81 bits per heavy atom. The summed E-state index contributed by atoms with van der Waals surface area (Å²) in [6.45, 7) is 0.180. The number of hydrogen-bond acceptors (Lipinski definition) is 5. The third-order valence-electron chi connectivity index (χ3n) is 5.50. The Kier molecular flexibility index (Phi) is 4.01. The highest BCUT2D eigenvalue weighted by Gasteiger charge is 2.54. The van der Waals surface area contributed by atoms with Gasteiger partial charge in [-0.1, -0.05) is 12.1 Å². The van der Waals surface area contributed by atoms with E-state index in [-0.39, 0.29) is 30.4 Å². The van der Waals surface area contributed by atoms with Crippen LogP contribution in [0.2, 0.25) is 0 Å². The van der Waals surface area contributed by atoms with Gasteiger partial charge in [0.05, 0.1) is 29.8 Å². The predicted molar refractivity (Wildman–Crippen MR) is 94.2 cm³/mol. The smallest absolute Gasteiger partial charge is 0.307 e. The average molecular weight is 355 g/mol. The average Bonchev–Trinajstić information content (AvgIpc) is 3.21. The number of ether oxygens (including phenoxy) is 1. The molecule has 4 rings (SSSR count). The summed E-state index contributed by atoms with van der Waals surface area (Å²) in [7, 11) is 1.67. The molecule has 1 N–H and O–H groups in total. The summed E-state index contributed by atoms with van der Waals surface area (Å²) in [5.74, 6) is -0.450. The van der Waals surface area contributed by atoms with Crippen molar-refractivity contribution < 1.29 is 14.3 Å². The molecule has 1 aliphatic heterocycles. The van der Waals surface area contributed by atoms with Crippen molar-refractivity contribution in [2.45, 2.75) is 44.2 Å². The Morgan fingerprint density at radius 2 is 2.04 bits per heavy atom. The van der Waals surface area contributed by atoms with Gasteiger partial charge >= 0.3 is 5.97 Å². The van der Waals surface area contributed by atoms with Gasteiger partial charge < -0.3 is 14.6 Å². The molecule has 2 heterocycles. The number of benzene rings is 1. The first-order chi connectivity index (χ1) is 12.5. The second kappa shape index (κ2) is 6.23. The number of nitrogens with zero attached hydrogens (tertiary/aromatic N) is 2.